The van der Waals surface area contributed by atoms with Crippen molar-refractivity contribution in [2.24, 2.45) is 0 Å². The van der Waals surface area contributed by atoms with Crippen molar-refractivity contribution in [2.45, 2.75) is 19.1 Å². The van der Waals surface area contributed by atoms with Gasteiger partial charge in [0.15, 0.2) is 0 Å². The molecule has 0 radical (unpaired) electrons. The largest absolute Gasteiger partial charge is 0.478 e. The Bertz CT molecular complexity index is 494. The maximum Gasteiger partial charge on any atom is 0.337 e. The number of hydrogen-bond donors (Lipinski definition) is 4. The van der Waals surface area contributed by atoms with E-state index in [1.807, 2.05) is 0 Å². The Balaban J connectivity index is 2.91. The number of aliphatic hydroxyl groups excluding tert-OH is 2. The van der Waals surface area contributed by atoms with Gasteiger partial charge in [-0.05, 0) is 6.07 Å². The summed E-state index contributed by atoms with van der Waals surface area (Å²) in [5.41, 5.74) is -0.176. The number of amides is 1. The van der Waals surface area contributed by atoms with Gasteiger partial charge in [0.1, 0.15) is 17.4 Å². The molecule has 2 atom stereocenters. The fourth-order valence-corrected chi connectivity index (χ4v) is 1.57. The van der Waals surface area contributed by atoms with E-state index in [1.54, 1.807) is 0 Å². The van der Waals surface area contributed by atoms with E-state index >= 15 is 0 Å². The number of hydrogen-bond acceptors (Lipinski definition) is 5. The van der Waals surface area contributed by atoms with Crippen molar-refractivity contribution >= 4 is 23.5 Å². The van der Waals surface area contributed by atoms with Crippen molar-refractivity contribution < 1.29 is 24.9 Å². The van der Waals surface area contributed by atoms with Crippen LogP contribution in [0.2, 0.25) is 5.15 Å². The Hall–Kier alpha value is -1.70. The molecule has 19 heavy (non-hydrogen) atoms. The molecule has 1 aromatic heterocycles. The molecule has 1 heterocycles. The lowest BCUT2D eigenvalue weighted by Gasteiger charge is -2.19. The van der Waals surface area contributed by atoms with Crippen LogP contribution in [0.15, 0.2) is 12.3 Å². The van der Waals surface area contributed by atoms with Crippen molar-refractivity contribution in [3.8, 4) is 0 Å². The smallest absolute Gasteiger partial charge is 0.337 e. The highest BCUT2D eigenvalue weighted by Gasteiger charge is 2.23. The standard InChI is InChI=1S/C11H13ClN2O5/c1-5(15)13-4-8(16)9(17)7-2-6(11(18)19)3-14-10(7)12/h2-3,8-9,16-17H,4H2,1H3,(H,13,15)(H,18,19). The van der Waals surface area contributed by atoms with Gasteiger partial charge in [-0.1, -0.05) is 11.6 Å². The maximum absolute atomic E-state index is 10.8. The first-order valence-electron chi connectivity index (χ1n) is 5.32. The quantitative estimate of drug-likeness (QED) is 0.565. The number of nitrogens with zero attached hydrogens (tertiary/aromatic N) is 1. The summed E-state index contributed by atoms with van der Waals surface area (Å²) in [6.45, 7) is 1.07. The summed E-state index contributed by atoms with van der Waals surface area (Å²) < 4.78 is 0. The van der Waals surface area contributed by atoms with E-state index in [2.05, 4.69) is 10.3 Å². The molecule has 1 amide bonds. The molecule has 0 saturated carbocycles. The monoisotopic (exact) mass is 288 g/mol. The number of carbonyl (C=O) groups excluding carboxylic acids is 1. The average Bonchev–Trinajstić information content (AvgIpc) is 2.35. The maximum atomic E-state index is 10.8. The van der Waals surface area contributed by atoms with Crippen LogP contribution in [0.4, 0.5) is 0 Å². The second-order valence-electron chi connectivity index (χ2n) is 3.86. The van der Waals surface area contributed by atoms with Crippen molar-refractivity contribution in [3.05, 3.63) is 28.5 Å². The first-order chi connectivity index (χ1) is 8.82. The molecule has 8 heteroatoms. The van der Waals surface area contributed by atoms with E-state index < -0.39 is 18.2 Å². The lowest BCUT2D eigenvalue weighted by molar-refractivity contribution is -0.119. The Labute approximate surface area is 113 Å². The third-order valence-electron chi connectivity index (χ3n) is 2.36. The molecule has 0 aliphatic carbocycles. The average molecular weight is 289 g/mol. The Kier molecular flexibility index (Phi) is 5.22. The van der Waals surface area contributed by atoms with Crippen LogP contribution in [0.25, 0.3) is 0 Å². The molecule has 0 saturated heterocycles. The van der Waals surface area contributed by atoms with Crippen molar-refractivity contribution in [1.82, 2.24) is 10.3 Å². The molecule has 0 aromatic carbocycles. The van der Waals surface area contributed by atoms with Gasteiger partial charge in [-0.2, -0.15) is 0 Å². The second-order valence-corrected chi connectivity index (χ2v) is 4.22. The lowest BCUT2D eigenvalue weighted by Crippen LogP contribution is -2.34. The van der Waals surface area contributed by atoms with Crippen molar-refractivity contribution in [1.29, 1.82) is 0 Å². The molecule has 7 nitrogen and oxygen atoms in total. The summed E-state index contributed by atoms with van der Waals surface area (Å²) in [4.78, 5) is 25.1. The summed E-state index contributed by atoms with van der Waals surface area (Å²) >= 11 is 5.74. The molecule has 0 aliphatic rings. The van der Waals surface area contributed by atoms with Crippen LogP contribution in [0.3, 0.4) is 0 Å². The summed E-state index contributed by atoms with van der Waals surface area (Å²) in [6, 6.07) is 1.12. The van der Waals surface area contributed by atoms with Gasteiger partial charge in [0.25, 0.3) is 0 Å². The van der Waals surface area contributed by atoms with Gasteiger partial charge in [0, 0.05) is 25.2 Å². The van der Waals surface area contributed by atoms with Crippen LogP contribution in [-0.4, -0.2) is 44.8 Å². The van der Waals surface area contributed by atoms with Gasteiger partial charge in [-0.25, -0.2) is 9.78 Å². The molecule has 1 aromatic rings. The van der Waals surface area contributed by atoms with E-state index in [0.717, 1.165) is 12.3 Å². The first kappa shape index (κ1) is 15.4. The summed E-state index contributed by atoms with van der Waals surface area (Å²) in [5, 5.41) is 30.6. The minimum atomic E-state index is -1.45. The highest BCUT2D eigenvalue weighted by molar-refractivity contribution is 6.30. The van der Waals surface area contributed by atoms with Crippen LogP contribution in [-0.2, 0) is 4.79 Å². The van der Waals surface area contributed by atoms with Crippen LogP contribution in [0.5, 0.6) is 0 Å². The molecule has 1 rings (SSSR count). The van der Waals surface area contributed by atoms with Gasteiger partial charge in [0.2, 0.25) is 5.91 Å². The molecule has 4 N–H and O–H groups in total. The minimum absolute atomic E-state index is 0.0144. The number of carboxylic acid groups (broad SMARTS) is 1. The Morgan fingerprint density at radius 2 is 2.11 bits per heavy atom. The number of aromatic nitrogens is 1. The molecule has 2 unspecified atom stereocenters. The van der Waals surface area contributed by atoms with Gasteiger partial charge < -0.3 is 20.6 Å². The Morgan fingerprint density at radius 1 is 1.47 bits per heavy atom. The second kappa shape index (κ2) is 6.46. The number of rotatable bonds is 5. The van der Waals surface area contributed by atoms with E-state index in [9.17, 15) is 19.8 Å². The topological polar surface area (TPSA) is 120 Å². The van der Waals surface area contributed by atoms with Crippen LogP contribution in [0.1, 0.15) is 28.9 Å². The predicted octanol–water partition coefficient (Wildman–Crippen LogP) is -0.0364. The number of nitrogens with one attached hydrogen (secondary N) is 1. The van der Waals surface area contributed by atoms with E-state index in [0.29, 0.717) is 0 Å². The minimum Gasteiger partial charge on any atom is -0.478 e. The first-order valence-corrected chi connectivity index (χ1v) is 5.70. The molecule has 104 valence electrons. The third-order valence-corrected chi connectivity index (χ3v) is 2.67. The van der Waals surface area contributed by atoms with Gasteiger partial charge in [-0.3, -0.25) is 4.79 Å². The number of carbonyl (C=O) groups is 2. The highest BCUT2D eigenvalue weighted by atomic mass is 35.5. The predicted molar refractivity (Wildman–Crippen MR) is 65.9 cm³/mol. The molecule has 0 bridgehead atoms. The van der Waals surface area contributed by atoms with E-state index in [4.69, 9.17) is 16.7 Å². The van der Waals surface area contributed by atoms with E-state index in [1.165, 1.54) is 6.92 Å². The summed E-state index contributed by atoms with van der Waals surface area (Å²) in [7, 11) is 0. The van der Waals surface area contributed by atoms with Crippen molar-refractivity contribution in [2.75, 3.05) is 6.54 Å². The van der Waals surface area contributed by atoms with E-state index in [-0.39, 0.29) is 28.7 Å². The Morgan fingerprint density at radius 3 is 2.63 bits per heavy atom. The van der Waals surface area contributed by atoms with Gasteiger partial charge in [0.05, 0.1) is 5.56 Å². The molecule has 0 spiro atoms. The fraction of sp³-hybridized carbons (Fsp3) is 0.364. The normalized spacial score (nSPS) is 13.7. The molecular weight excluding hydrogens is 276 g/mol. The fourth-order valence-electron chi connectivity index (χ4n) is 1.36. The van der Waals surface area contributed by atoms with Crippen LogP contribution in [0, 0.1) is 0 Å². The van der Waals surface area contributed by atoms with Crippen LogP contribution >= 0.6 is 11.6 Å². The lowest BCUT2D eigenvalue weighted by atomic mass is 10.0. The summed E-state index contributed by atoms with van der Waals surface area (Å²) in [6.07, 6.45) is -1.74. The number of aliphatic hydroxyl groups is 2. The third kappa shape index (κ3) is 4.16. The SMILES string of the molecule is CC(=O)NCC(O)C(O)c1cc(C(=O)O)cnc1Cl. The molecular formula is C11H13ClN2O5. The molecule has 0 aliphatic heterocycles. The number of halogens is 1. The number of carboxylic acids is 1. The number of pyridine rings is 1. The highest BCUT2D eigenvalue weighted by Crippen LogP contribution is 2.24. The van der Waals surface area contributed by atoms with Crippen LogP contribution < -0.4 is 5.32 Å². The van der Waals surface area contributed by atoms with Gasteiger partial charge in [-0.15, -0.1) is 0 Å². The zero-order valence-electron chi connectivity index (χ0n) is 10.00. The number of aromatic carboxylic acids is 1. The summed E-state index contributed by atoms with van der Waals surface area (Å²) in [5.74, 6) is -1.59. The van der Waals surface area contributed by atoms with Crippen molar-refractivity contribution in [3.63, 3.8) is 0 Å². The zero-order valence-corrected chi connectivity index (χ0v) is 10.8. The zero-order chi connectivity index (χ0) is 14.6. The molecule has 0 fully saturated rings. The van der Waals surface area contributed by atoms with Gasteiger partial charge >= 0.3 is 5.97 Å².